The van der Waals surface area contributed by atoms with Crippen LogP contribution in [0.3, 0.4) is 0 Å². The third-order valence-electron chi connectivity index (χ3n) is 8.40. The van der Waals surface area contributed by atoms with Crippen molar-refractivity contribution in [3.8, 4) is 0 Å². The average molecular weight is 815 g/mol. The van der Waals surface area contributed by atoms with Crippen molar-refractivity contribution >= 4 is 27.0 Å². The minimum absolute atomic E-state index is 0.0505. The lowest BCUT2D eigenvalue weighted by atomic mass is 10.0. The molecule has 4 atom stereocenters. The molecule has 0 spiro atoms. The van der Waals surface area contributed by atoms with Crippen molar-refractivity contribution in [3.05, 3.63) is 173 Å². The maximum absolute atomic E-state index is 12.1. The number of carbonyl (C=O) groups excluding carboxylic acids is 1. The molecule has 5 aromatic carbocycles. The van der Waals surface area contributed by atoms with Gasteiger partial charge in [0.15, 0.2) is 5.12 Å². The van der Waals surface area contributed by atoms with E-state index in [0.29, 0.717) is 11.7 Å². The second-order valence-corrected chi connectivity index (χ2v) is 17.0. The fraction of sp³-hybridized carbons (Fsp3) is 0.340. The first kappa shape index (κ1) is 49.0. The molecule has 0 amide bonds. The summed E-state index contributed by atoms with van der Waals surface area (Å²) in [5, 5.41) is 17.6. The van der Waals surface area contributed by atoms with Crippen LogP contribution in [0.1, 0.15) is 48.6 Å². The van der Waals surface area contributed by atoms with Crippen molar-refractivity contribution in [3.63, 3.8) is 0 Å². The highest BCUT2D eigenvalue weighted by Gasteiger charge is 2.17. The summed E-state index contributed by atoms with van der Waals surface area (Å²) in [5.74, 6) is 1.20. The number of aryl methyl sites for hydroxylation is 1. The van der Waals surface area contributed by atoms with Gasteiger partial charge < -0.3 is 21.7 Å². The molecule has 0 bridgehead atoms. The number of carbonyl (C=O) groups is 1. The molecule has 8 nitrogen and oxygen atoms in total. The Balaban J connectivity index is 0.000000274. The van der Waals surface area contributed by atoms with Crippen LogP contribution in [0, 0.1) is 18.8 Å². The SMILES string of the molecule is CC(=O)SC[C@@H](N)Cc1ccccc1.C[C@H](CO)Cc1ccccc1.Cc1ccc(S(=O)(=O)OC[C@@H](C)Cc2ccccc2)cc1.N[C@H](CO)Cc1ccccc1. The Morgan fingerprint density at radius 1 is 0.596 bits per heavy atom. The van der Waals surface area contributed by atoms with Gasteiger partial charge in [0.05, 0.1) is 18.1 Å². The highest BCUT2D eigenvalue weighted by Crippen LogP contribution is 2.16. The number of hydrogen-bond donors (Lipinski definition) is 4. The van der Waals surface area contributed by atoms with E-state index in [9.17, 15) is 13.2 Å². The molecule has 0 aliphatic heterocycles. The van der Waals surface area contributed by atoms with Crippen LogP contribution in [0.5, 0.6) is 0 Å². The minimum Gasteiger partial charge on any atom is -0.396 e. The summed E-state index contributed by atoms with van der Waals surface area (Å²) in [6.45, 7) is 8.03. The Labute approximate surface area is 345 Å². The Kier molecular flexibility index (Phi) is 24.3. The van der Waals surface area contributed by atoms with Gasteiger partial charge in [0.25, 0.3) is 10.1 Å². The van der Waals surface area contributed by atoms with E-state index in [2.05, 4.69) is 24.3 Å². The van der Waals surface area contributed by atoms with E-state index in [4.69, 9.17) is 25.9 Å². The smallest absolute Gasteiger partial charge is 0.296 e. The van der Waals surface area contributed by atoms with Gasteiger partial charge in [-0.3, -0.25) is 8.98 Å². The van der Waals surface area contributed by atoms with E-state index < -0.39 is 10.1 Å². The lowest BCUT2D eigenvalue weighted by Crippen LogP contribution is -2.26. The monoisotopic (exact) mass is 814 g/mol. The van der Waals surface area contributed by atoms with Crippen LogP contribution in [-0.2, 0) is 44.8 Å². The first-order chi connectivity index (χ1) is 27.3. The molecule has 5 aromatic rings. The standard InChI is InChI=1S/C17H20O3S.C11H15NOS.C10H14O.C9H13NO/c1-14-8-10-17(11-9-14)21(18,19)20-13-15(2)12-16-6-4-3-5-7-16;1-9(13)14-8-11(12)7-10-5-3-2-4-6-10;1-9(8-11)7-10-5-3-2-4-6-10;10-9(7-11)6-8-4-2-1-3-5-8/h3-11,15H,12-13H2,1-2H3;2-6,11H,7-8,12H2,1H3;2-6,9,11H,7-8H2,1H3;1-5,9,11H,6-7,10H2/t15-;11-;2*9-/m0000/s1. The largest absolute Gasteiger partial charge is 0.396 e. The van der Waals surface area contributed by atoms with Crippen LogP contribution >= 0.6 is 11.8 Å². The number of thioether (sulfide) groups is 1. The summed E-state index contributed by atoms with van der Waals surface area (Å²) in [5.41, 5.74) is 17.3. The lowest BCUT2D eigenvalue weighted by molar-refractivity contribution is -0.109. The molecule has 0 heterocycles. The zero-order valence-electron chi connectivity index (χ0n) is 33.8. The number of aliphatic hydroxyl groups is 2. The first-order valence-corrected chi connectivity index (χ1v) is 21.7. The van der Waals surface area contributed by atoms with Crippen molar-refractivity contribution in [2.45, 2.75) is 70.4 Å². The fourth-order valence-corrected chi connectivity index (χ4v) is 6.90. The highest BCUT2D eigenvalue weighted by atomic mass is 32.2. The Hall–Kier alpha value is -4.13. The van der Waals surface area contributed by atoms with E-state index in [1.54, 1.807) is 31.2 Å². The molecule has 0 aromatic heterocycles. The number of rotatable bonds is 16. The summed E-state index contributed by atoms with van der Waals surface area (Å²) in [7, 11) is -3.66. The molecule has 0 saturated heterocycles. The van der Waals surface area contributed by atoms with Crippen LogP contribution in [0.4, 0.5) is 0 Å². The van der Waals surface area contributed by atoms with Crippen LogP contribution in [0.15, 0.2) is 150 Å². The van der Waals surface area contributed by atoms with Gasteiger partial charge in [0.2, 0.25) is 0 Å². The second kappa shape index (κ2) is 28.3. The summed E-state index contributed by atoms with van der Waals surface area (Å²) in [6.07, 6.45) is 3.35. The van der Waals surface area contributed by atoms with Crippen LogP contribution in [-0.4, -0.2) is 61.4 Å². The van der Waals surface area contributed by atoms with E-state index in [1.807, 2.05) is 118 Å². The quantitative estimate of drug-likeness (QED) is 0.0731. The topological polar surface area (TPSA) is 153 Å². The molecular weight excluding hydrogens is 753 g/mol. The lowest BCUT2D eigenvalue weighted by Gasteiger charge is -2.12. The summed E-state index contributed by atoms with van der Waals surface area (Å²) in [4.78, 5) is 10.9. The zero-order chi connectivity index (χ0) is 41.9. The van der Waals surface area contributed by atoms with Crippen molar-refractivity contribution < 1.29 is 27.6 Å². The summed E-state index contributed by atoms with van der Waals surface area (Å²) in [6, 6.07) is 46.9. The van der Waals surface area contributed by atoms with Crippen molar-refractivity contribution in [2.24, 2.45) is 23.3 Å². The van der Waals surface area contributed by atoms with Crippen molar-refractivity contribution in [1.82, 2.24) is 0 Å². The van der Waals surface area contributed by atoms with E-state index in [0.717, 1.165) is 31.2 Å². The molecule has 0 saturated carbocycles. The number of benzene rings is 5. The number of hydrogen-bond acceptors (Lipinski definition) is 9. The van der Waals surface area contributed by atoms with E-state index in [1.165, 1.54) is 34.0 Å². The fourth-order valence-electron chi connectivity index (χ4n) is 5.32. The number of aliphatic hydroxyl groups excluding tert-OH is 2. The van der Waals surface area contributed by atoms with Gasteiger partial charge in [-0.05, 0) is 78.8 Å². The Morgan fingerprint density at radius 2 is 0.982 bits per heavy atom. The molecule has 0 aliphatic rings. The van der Waals surface area contributed by atoms with Gasteiger partial charge in [0.1, 0.15) is 0 Å². The number of nitrogens with two attached hydrogens (primary N) is 2. The highest BCUT2D eigenvalue weighted by molar-refractivity contribution is 8.13. The molecule has 0 fully saturated rings. The van der Waals surface area contributed by atoms with Gasteiger partial charge in [-0.2, -0.15) is 8.42 Å². The van der Waals surface area contributed by atoms with E-state index >= 15 is 0 Å². The molecule has 5 rings (SSSR count). The van der Waals surface area contributed by atoms with Crippen molar-refractivity contribution in [2.75, 3.05) is 25.6 Å². The molecule has 0 radical (unpaired) electrons. The van der Waals surface area contributed by atoms with Crippen molar-refractivity contribution in [1.29, 1.82) is 0 Å². The molecular formula is C47H62N2O6S2. The van der Waals surface area contributed by atoms with Crippen LogP contribution < -0.4 is 11.5 Å². The molecule has 57 heavy (non-hydrogen) atoms. The first-order valence-electron chi connectivity index (χ1n) is 19.3. The maximum atomic E-state index is 12.1. The molecule has 6 N–H and O–H groups in total. The van der Waals surface area contributed by atoms with Crippen LogP contribution in [0.2, 0.25) is 0 Å². The zero-order valence-corrected chi connectivity index (χ0v) is 35.5. The average Bonchev–Trinajstić information content (AvgIpc) is 3.22. The third kappa shape index (κ3) is 23.0. The molecule has 0 aliphatic carbocycles. The van der Waals surface area contributed by atoms with Gasteiger partial charge in [-0.25, -0.2) is 0 Å². The Bertz CT molecular complexity index is 1820. The summed E-state index contributed by atoms with van der Waals surface area (Å²) < 4.78 is 29.3. The Morgan fingerprint density at radius 3 is 1.37 bits per heavy atom. The maximum Gasteiger partial charge on any atom is 0.296 e. The molecule has 308 valence electrons. The van der Waals surface area contributed by atoms with Gasteiger partial charge in [0, 0.05) is 31.4 Å². The normalized spacial score (nSPS) is 12.8. The minimum atomic E-state index is -3.66. The van der Waals surface area contributed by atoms with Gasteiger partial charge in [-0.1, -0.05) is 165 Å². The predicted molar refractivity (Wildman–Crippen MR) is 236 cm³/mol. The second-order valence-electron chi connectivity index (χ2n) is 14.2. The molecule has 0 unspecified atom stereocenters. The predicted octanol–water partition coefficient (Wildman–Crippen LogP) is 7.82. The summed E-state index contributed by atoms with van der Waals surface area (Å²) >= 11 is 1.29. The van der Waals surface area contributed by atoms with Crippen LogP contribution in [0.25, 0.3) is 0 Å². The third-order valence-corrected chi connectivity index (χ3v) is 10.7. The van der Waals surface area contributed by atoms with E-state index in [-0.39, 0.29) is 47.8 Å². The van der Waals surface area contributed by atoms with Gasteiger partial charge in [-0.15, -0.1) is 0 Å². The van der Waals surface area contributed by atoms with Gasteiger partial charge >= 0.3 is 0 Å². The molecule has 10 heteroatoms.